The number of hydrogen-bond donors (Lipinski definition) is 0. The number of benzene rings is 2. The average molecular weight is 305 g/mol. The second-order valence-electron chi connectivity index (χ2n) is 5.02. The molecule has 0 unspecified atom stereocenters. The van der Waals surface area contributed by atoms with Crippen LogP contribution in [0.5, 0.6) is 5.75 Å². The van der Waals surface area contributed by atoms with Crippen LogP contribution < -0.4 is 4.74 Å². The Balaban J connectivity index is 1.90. The number of carbonyl (C=O) groups excluding carboxylic acids is 1. The standard InChI is InChI=1S/C17H17F2NO2/c1-12-4-3-5-14(10-12)22-9-8-20(2)17(21)13-6-7-15(18)16(19)11-13/h3-7,10-11H,8-9H2,1-2H3. The van der Waals surface area contributed by atoms with E-state index in [2.05, 4.69) is 0 Å². The minimum atomic E-state index is -1.03. The molecule has 2 rings (SSSR count). The SMILES string of the molecule is Cc1cccc(OCCN(C)C(=O)c2ccc(F)c(F)c2)c1. The van der Waals surface area contributed by atoms with Gasteiger partial charge in [-0.25, -0.2) is 8.78 Å². The molecule has 2 aromatic carbocycles. The predicted octanol–water partition coefficient (Wildman–Crippen LogP) is 3.42. The number of carbonyl (C=O) groups is 1. The zero-order valence-corrected chi connectivity index (χ0v) is 12.5. The second-order valence-corrected chi connectivity index (χ2v) is 5.02. The van der Waals surface area contributed by atoms with Crippen LogP contribution in [0.3, 0.4) is 0 Å². The number of ether oxygens (including phenoxy) is 1. The fourth-order valence-corrected chi connectivity index (χ4v) is 1.96. The molecule has 5 heteroatoms. The minimum Gasteiger partial charge on any atom is -0.492 e. The van der Waals surface area contributed by atoms with E-state index in [1.807, 2.05) is 31.2 Å². The van der Waals surface area contributed by atoms with Gasteiger partial charge in [-0.3, -0.25) is 4.79 Å². The number of likely N-dealkylation sites (N-methyl/N-ethyl adjacent to an activating group) is 1. The Morgan fingerprint density at radius 3 is 2.59 bits per heavy atom. The van der Waals surface area contributed by atoms with Crippen LogP contribution in [-0.2, 0) is 0 Å². The molecule has 0 radical (unpaired) electrons. The summed E-state index contributed by atoms with van der Waals surface area (Å²) < 4.78 is 31.6. The second kappa shape index (κ2) is 7.02. The van der Waals surface area contributed by atoms with E-state index in [9.17, 15) is 13.6 Å². The third-order valence-corrected chi connectivity index (χ3v) is 3.20. The van der Waals surface area contributed by atoms with E-state index in [0.717, 1.165) is 23.4 Å². The Kier molecular flexibility index (Phi) is 5.09. The van der Waals surface area contributed by atoms with Crippen LogP contribution in [0.1, 0.15) is 15.9 Å². The normalized spacial score (nSPS) is 10.4. The average Bonchev–Trinajstić information content (AvgIpc) is 2.49. The highest BCUT2D eigenvalue weighted by Gasteiger charge is 2.14. The van der Waals surface area contributed by atoms with Crippen LogP contribution in [-0.4, -0.2) is 31.0 Å². The molecule has 0 saturated carbocycles. The van der Waals surface area contributed by atoms with E-state index in [-0.39, 0.29) is 11.5 Å². The van der Waals surface area contributed by atoms with Crippen molar-refractivity contribution in [2.24, 2.45) is 0 Å². The quantitative estimate of drug-likeness (QED) is 0.847. The van der Waals surface area contributed by atoms with Gasteiger partial charge in [0.25, 0.3) is 5.91 Å². The first-order chi connectivity index (χ1) is 10.5. The van der Waals surface area contributed by atoms with Crippen LogP contribution in [0, 0.1) is 18.6 Å². The lowest BCUT2D eigenvalue weighted by Crippen LogP contribution is -2.31. The van der Waals surface area contributed by atoms with E-state index in [1.54, 1.807) is 7.05 Å². The highest BCUT2D eigenvalue weighted by atomic mass is 19.2. The van der Waals surface area contributed by atoms with Crippen molar-refractivity contribution in [3.63, 3.8) is 0 Å². The number of aryl methyl sites for hydroxylation is 1. The predicted molar refractivity (Wildman–Crippen MR) is 80.0 cm³/mol. The lowest BCUT2D eigenvalue weighted by Gasteiger charge is -2.17. The maximum absolute atomic E-state index is 13.1. The Hall–Kier alpha value is -2.43. The van der Waals surface area contributed by atoms with Crippen LogP contribution >= 0.6 is 0 Å². The molecule has 1 amide bonds. The molecular weight excluding hydrogens is 288 g/mol. The van der Waals surface area contributed by atoms with Gasteiger partial charge in [-0.2, -0.15) is 0 Å². The summed E-state index contributed by atoms with van der Waals surface area (Å²) in [5, 5.41) is 0. The topological polar surface area (TPSA) is 29.5 Å². The molecule has 0 spiro atoms. The van der Waals surface area contributed by atoms with Crippen molar-refractivity contribution < 1.29 is 18.3 Å². The summed E-state index contributed by atoms with van der Waals surface area (Å²) in [6.45, 7) is 2.62. The van der Waals surface area contributed by atoms with Crippen molar-refractivity contribution in [2.45, 2.75) is 6.92 Å². The summed E-state index contributed by atoms with van der Waals surface area (Å²) in [6, 6.07) is 10.7. The number of halogens is 2. The van der Waals surface area contributed by atoms with Crippen molar-refractivity contribution in [1.82, 2.24) is 4.90 Å². The zero-order chi connectivity index (χ0) is 16.1. The maximum atomic E-state index is 13.1. The van der Waals surface area contributed by atoms with Crippen LogP contribution in [0.2, 0.25) is 0 Å². The van der Waals surface area contributed by atoms with Gasteiger partial charge in [0.15, 0.2) is 11.6 Å². The molecule has 0 aliphatic carbocycles. The van der Waals surface area contributed by atoms with Crippen LogP contribution in [0.25, 0.3) is 0 Å². The molecular formula is C17H17F2NO2. The highest BCUT2D eigenvalue weighted by molar-refractivity contribution is 5.94. The summed E-state index contributed by atoms with van der Waals surface area (Å²) in [5.74, 6) is -1.65. The van der Waals surface area contributed by atoms with Crippen molar-refractivity contribution >= 4 is 5.91 Å². The Morgan fingerprint density at radius 2 is 1.91 bits per heavy atom. The first-order valence-corrected chi connectivity index (χ1v) is 6.87. The monoisotopic (exact) mass is 305 g/mol. The first kappa shape index (κ1) is 15.9. The molecule has 0 N–H and O–H groups in total. The molecule has 3 nitrogen and oxygen atoms in total. The van der Waals surface area contributed by atoms with E-state index in [1.165, 1.54) is 11.0 Å². The number of rotatable bonds is 5. The van der Waals surface area contributed by atoms with E-state index < -0.39 is 11.6 Å². The molecule has 22 heavy (non-hydrogen) atoms. The van der Waals surface area contributed by atoms with Crippen LogP contribution in [0.4, 0.5) is 8.78 Å². The smallest absolute Gasteiger partial charge is 0.253 e. The fraction of sp³-hybridized carbons (Fsp3) is 0.235. The van der Waals surface area contributed by atoms with Gasteiger partial charge in [0.05, 0.1) is 6.54 Å². The largest absolute Gasteiger partial charge is 0.492 e. The van der Waals surface area contributed by atoms with Crippen molar-refractivity contribution in [2.75, 3.05) is 20.2 Å². The fourth-order valence-electron chi connectivity index (χ4n) is 1.96. The molecule has 116 valence electrons. The number of amides is 1. The maximum Gasteiger partial charge on any atom is 0.253 e. The van der Waals surface area contributed by atoms with E-state index >= 15 is 0 Å². The van der Waals surface area contributed by atoms with Gasteiger partial charge in [-0.05, 0) is 42.8 Å². The molecule has 0 heterocycles. The lowest BCUT2D eigenvalue weighted by molar-refractivity contribution is 0.0773. The summed E-state index contributed by atoms with van der Waals surface area (Å²) in [6.07, 6.45) is 0. The first-order valence-electron chi connectivity index (χ1n) is 6.87. The Bertz CT molecular complexity index is 673. The summed E-state index contributed by atoms with van der Waals surface area (Å²) in [5.41, 5.74) is 1.20. The third kappa shape index (κ3) is 4.04. The summed E-state index contributed by atoms with van der Waals surface area (Å²) >= 11 is 0. The van der Waals surface area contributed by atoms with Crippen molar-refractivity contribution in [3.8, 4) is 5.75 Å². The molecule has 0 saturated heterocycles. The lowest BCUT2D eigenvalue weighted by atomic mass is 10.2. The van der Waals surface area contributed by atoms with Gasteiger partial charge < -0.3 is 9.64 Å². The number of nitrogens with zero attached hydrogens (tertiary/aromatic N) is 1. The van der Waals surface area contributed by atoms with Gasteiger partial charge in [-0.15, -0.1) is 0 Å². The molecule has 0 atom stereocenters. The minimum absolute atomic E-state index is 0.108. The summed E-state index contributed by atoms with van der Waals surface area (Å²) in [7, 11) is 1.59. The molecule has 0 aliphatic heterocycles. The molecule has 2 aromatic rings. The molecule has 0 fully saturated rings. The highest BCUT2D eigenvalue weighted by Crippen LogP contribution is 2.13. The van der Waals surface area contributed by atoms with Gasteiger partial charge in [0, 0.05) is 12.6 Å². The van der Waals surface area contributed by atoms with Gasteiger partial charge in [-0.1, -0.05) is 12.1 Å². The third-order valence-electron chi connectivity index (χ3n) is 3.20. The van der Waals surface area contributed by atoms with Gasteiger partial charge in [0.1, 0.15) is 12.4 Å². The van der Waals surface area contributed by atoms with Crippen molar-refractivity contribution in [1.29, 1.82) is 0 Å². The molecule has 0 aromatic heterocycles. The Labute approximate surface area is 128 Å². The van der Waals surface area contributed by atoms with Crippen LogP contribution in [0.15, 0.2) is 42.5 Å². The summed E-state index contributed by atoms with van der Waals surface area (Å²) in [4.78, 5) is 13.5. The van der Waals surface area contributed by atoms with E-state index in [4.69, 9.17) is 4.74 Å². The number of hydrogen-bond acceptors (Lipinski definition) is 2. The molecule has 0 bridgehead atoms. The van der Waals surface area contributed by atoms with Gasteiger partial charge in [0.2, 0.25) is 0 Å². The Morgan fingerprint density at radius 1 is 1.14 bits per heavy atom. The van der Waals surface area contributed by atoms with E-state index in [0.29, 0.717) is 13.2 Å². The van der Waals surface area contributed by atoms with Gasteiger partial charge >= 0.3 is 0 Å². The van der Waals surface area contributed by atoms with Crippen molar-refractivity contribution in [3.05, 3.63) is 65.2 Å². The molecule has 0 aliphatic rings. The zero-order valence-electron chi connectivity index (χ0n) is 12.5.